The number of hydrogen-bond acceptors (Lipinski definition) is 9. The number of aryl methyl sites for hydroxylation is 1. The molecule has 0 atom stereocenters. The molecular weight excluding hydrogens is 502 g/mol. The largest absolute Gasteiger partial charge is 0.463 e. The SMILES string of the molecule is Cc1nn(C(=O)O)c2cc(Nc3nc(N4CCC(C)(CNC(=O)OC(C)(C)C)CC4)c4occc4n3)ccc12. The van der Waals surface area contributed by atoms with Gasteiger partial charge in [0.2, 0.25) is 5.95 Å². The Kier molecular flexibility index (Phi) is 6.57. The molecule has 4 heterocycles. The molecule has 39 heavy (non-hydrogen) atoms. The van der Waals surface area contributed by atoms with Crippen molar-refractivity contribution in [2.45, 2.75) is 53.1 Å². The van der Waals surface area contributed by atoms with Crippen LogP contribution in [-0.4, -0.2) is 62.3 Å². The van der Waals surface area contributed by atoms with E-state index in [2.05, 4.69) is 32.5 Å². The molecule has 4 aromatic rings. The van der Waals surface area contributed by atoms with Gasteiger partial charge in [0.25, 0.3) is 0 Å². The number of benzene rings is 1. The summed E-state index contributed by atoms with van der Waals surface area (Å²) in [5, 5.41) is 20.5. The second-order valence-electron chi connectivity index (χ2n) is 11.3. The molecule has 206 valence electrons. The van der Waals surface area contributed by atoms with E-state index in [0.29, 0.717) is 46.3 Å². The Morgan fingerprint density at radius 3 is 2.62 bits per heavy atom. The Morgan fingerprint density at radius 1 is 1.18 bits per heavy atom. The van der Waals surface area contributed by atoms with Gasteiger partial charge in [-0.15, -0.1) is 0 Å². The Balaban J connectivity index is 1.33. The van der Waals surface area contributed by atoms with Crippen LogP contribution in [0.3, 0.4) is 0 Å². The fourth-order valence-electron chi connectivity index (χ4n) is 4.78. The van der Waals surface area contributed by atoms with Crippen molar-refractivity contribution in [3.63, 3.8) is 0 Å². The fraction of sp³-hybridized carbons (Fsp3) is 0.444. The number of aromatic nitrogens is 4. The molecule has 1 aromatic carbocycles. The Bertz CT molecular complexity index is 1540. The summed E-state index contributed by atoms with van der Waals surface area (Å²) in [5.41, 5.74) is 2.40. The number of carboxylic acid groups (broad SMARTS) is 1. The van der Waals surface area contributed by atoms with Gasteiger partial charge in [0, 0.05) is 36.8 Å². The van der Waals surface area contributed by atoms with Gasteiger partial charge in [0.1, 0.15) is 11.1 Å². The van der Waals surface area contributed by atoms with Crippen LogP contribution in [-0.2, 0) is 4.74 Å². The van der Waals surface area contributed by atoms with Crippen LogP contribution in [0.5, 0.6) is 0 Å². The maximum absolute atomic E-state index is 12.1. The maximum Gasteiger partial charge on any atom is 0.432 e. The van der Waals surface area contributed by atoms with Gasteiger partial charge in [-0.1, -0.05) is 6.92 Å². The summed E-state index contributed by atoms with van der Waals surface area (Å²) in [5.74, 6) is 1.05. The average Bonchev–Trinajstić information content (AvgIpc) is 3.46. The van der Waals surface area contributed by atoms with Crippen LogP contribution >= 0.6 is 0 Å². The number of carbonyl (C=O) groups is 2. The molecule has 0 bridgehead atoms. The van der Waals surface area contributed by atoms with Crippen molar-refractivity contribution in [2.75, 3.05) is 29.9 Å². The molecule has 0 saturated carbocycles. The highest BCUT2D eigenvalue weighted by atomic mass is 16.6. The first-order chi connectivity index (χ1) is 18.4. The summed E-state index contributed by atoms with van der Waals surface area (Å²) in [7, 11) is 0. The van der Waals surface area contributed by atoms with Crippen molar-refractivity contribution in [1.82, 2.24) is 25.1 Å². The number of amides is 1. The van der Waals surface area contributed by atoms with Gasteiger partial charge in [-0.05, 0) is 64.2 Å². The lowest BCUT2D eigenvalue weighted by Gasteiger charge is -2.40. The molecule has 1 aliphatic rings. The van der Waals surface area contributed by atoms with E-state index in [1.807, 2.05) is 32.9 Å². The highest BCUT2D eigenvalue weighted by Crippen LogP contribution is 2.35. The van der Waals surface area contributed by atoms with E-state index in [4.69, 9.17) is 14.1 Å². The summed E-state index contributed by atoms with van der Waals surface area (Å²) in [6.45, 7) is 11.4. The number of ether oxygens (including phenoxy) is 1. The predicted molar refractivity (Wildman–Crippen MR) is 147 cm³/mol. The molecule has 1 saturated heterocycles. The van der Waals surface area contributed by atoms with Crippen LogP contribution in [0.4, 0.5) is 27.0 Å². The van der Waals surface area contributed by atoms with Crippen molar-refractivity contribution >= 4 is 51.6 Å². The maximum atomic E-state index is 12.1. The van der Waals surface area contributed by atoms with Crippen molar-refractivity contribution in [3.8, 4) is 0 Å². The van der Waals surface area contributed by atoms with E-state index in [1.165, 1.54) is 0 Å². The van der Waals surface area contributed by atoms with Crippen molar-refractivity contribution < 1.29 is 23.8 Å². The second-order valence-corrected chi connectivity index (χ2v) is 11.3. The van der Waals surface area contributed by atoms with E-state index < -0.39 is 17.8 Å². The monoisotopic (exact) mass is 535 g/mol. The van der Waals surface area contributed by atoms with E-state index >= 15 is 0 Å². The Morgan fingerprint density at radius 2 is 1.92 bits per heavy atom. The second kappa shape index (κ2) is 9.75. The van der Waals surface area contributed by atoms with Crippen molar-refractivity contribution in [1.29, 1.82) is 0 Å². The van der Waals surface area contributed by atoms with Crippen LogP contribution in [0.15, 0.2) is 34.9 Å². The molecule has 3 N–H and O–H groups in total. The number of alkyl carbamates (subject to hydrolysis) is 1. The zero-order valence-corrected chi connectivity index (χ0v) is 22.7. The Hall–Kier alpha value is -4.35. The topological polar surface area (TPSA) is 148 Å². The summed E-state index contributed by atoms with van der Waals surface area (Å²) in [6, 6.07) is 7.18. The van der Waals surface area contributed by atoms with E-state index in [9.17, 15) is 14.7 Å². The summed E-state index contributed by atoms with van der Waals surface area (Å²) in [6.07, 6.45) is 1.71. The van der Waals surface area contributed by atoms with Gasteiger partial charge in [-0.2, -0.15) is 14.8 Å². The number of carbonyl (C=O) groups excluding carboxylic acids is 1. The molecular formula is C27H33N7O5. The van der Waals surface area contributed by atoms with E-state index in [1.54, 1.807) is 25.3 Å². The lowest BCUT2D eigenvalue weighted by atomic mass is 9.80. The highest BCUT2D eigenvalue weighted by molar-refractivity contribution is 5.92. The Labute approximate surface area is 225 Å². The van der Waals surface area contributed by atoms with E-state index in [-0.39, 0.29) is 5.41 Å². The van der Waals surface area contributed by atoms with Gasteiger partial charge < -0.3 is 29.8 Å². The number of fused-ring (bicyclic) bond motifs is 2. The van der Waals surface area contributed by atoms with Gasteiger partial charge >= 0.3 is 12.2 Å². The molecule has 12 nitrogen and oxygen atoms in total. The molecule has 12 heteroatoms. The summed E-state index contributed by atoms with van der Waals surface area (Å²) in [4.78, 5) is 35.3. The third kappa shape index (κ3) is 5.59. The third-order valence-electron chi connectivity index (χ3n) is 6.92. The molecule has 3 aromatic heterocycles. The molecule has 1 fully saturated rings. The third-order valence-corrected chi connectivity index (χ3v) is 6.92. The lowest BCUT2D eigenvalue weighted by molar-refractivity contribution is 0.0495. The van der Waals surface area contributed by atoms with Gasteiger partial charge in [0.05, 0.1) is 17.5 Å². The molecule has 0 radical (unpaired) electrons. The van der Waals surface area contributed by atoms with Gasteiger partial charge in [-0.25, -0.2) is 14.6 Å². The molecule has 5 rings (SSSR count). The fourth-order valence-corrected chi connectivity index (χ4v) is 4.78. The minimum absolute atomic E-state index is 0.0789. The summed E-state index contributed by atoms with van der Waals surface area (Å²) >= 11 is 0. The molecule has 0 spiro atoms. The quantitative estimate of drug-likeness (QED) is 0.308. The number of nitrogens with zero attached hydrogens (tertiary/aromatic N) is 5. The standard InChI is InChI=1S/C27H33N7O5/c1-16-18-7-6-17(14-20(18)34(32-16)25(36)37)29-23-30-19-8-13-38-21(19)22(31-23)33-11-9-27(5,10-12-33)15-28-24(35)39-26(2,3)4/h6-8,13-14H,9-12,15H2,1-5H3,(H,28,35)(H,36,37)(H,29,30,31). The van der Waals surface area contributed by atoms with E-state index in [0.717, 1.165) is 36.0 Å². The zero-order valence-electron chi connectivity index (χ0n) is 22.7. The van der Waals surface area contributed by atoms with Crippen LogP contribution in [0.1, 0.15) is 46.2 Å². The van der Waals surface area contributed by atoms with Crippen molar-refractivity contribution in [3.05, 3.63) is 36.2 Å². The minimum atomic E-state index is -1.15. The first-order valence-corrected chi connectivity index (χ1v) is 12.9. The molecule has 1 aliphatic heterocycles. The minimum Gasteiger partial charge on any atom is -0.463 e. The zero-order chi connectivity index (χ0) is 27.9. The number of piperidine rings is 1. The number of nitrogens with one attached hydrogen (secondary N) is 2. The van der Waals surface area contributed by atoms with Crippen LogP contribution < -0.4 is 15.5 Å². The highest BCUT2D eigenvalue weighted by Gasteiger charge is 2.33. The number of hydrogen-bond donors (Lipinski definition) is 3. The van der Waals surface area contributed by atoms with Crippen LogP contribution in [0, 0.1) is 12.3 Å². The first-order valence-electron chi connectivity index (χ1n) is 12.9. The lowest BCUT2D eigenvalue weighted by Crippen LogP contribution is -2.46. The summed E-state index contributed by atoms with van der Waals surface area (Å²) < 4.78 is 12.1. The molecule has 1 amide bonds. The number of anilines is 3. The number of rotatable bonds is 5. The van der Waals surface area contributed by atoms with Gasteiger partial charge in [-0.3, -0.25) is 0 Å². The van der Waals surface area contributed by atoms with Crippen LogP contribution in [0.2, 0.25) is 0 Å². The predicted octanol–water partition coefficient (Wildman–Crippen LogP) is 5.28. The molecule has 0 unspecified atom stereocenters. The normalized spacial score (nSPS) is 15.5. The average molecular weight is 536 g/mol. The van der Waals surface area contributed by atoms with Crippen LogP contribution in [0.25, 0.3) is 22.0 Å². The smallest absolute Gasteiger partial charge is 0.432 e. The van der Waals surface area contributed by atoms with Gasteiger partial charge in [0.15, 0.2) is 11.4 Å². The van der Waals surface area contributed by atoms with Crippen molar-refractivity contribution in [2.24, 2.45) is 5.41 Å². The molecule has 0 aliphatic carbocycles. The first kappa shape index (κ1) is 26.3. The number of furan rings is 1.